The number of rotatable bonds is 13. The topological polar surface area (TPSA) is 143 Å². The molecule has 0 bridgehead atoms. The van der Waals surface area contributed by atoms with Crippen LogP contribution in [-0.2, 0) is 30.3 Å². The zero-order chi connectivity index (χ0) is 32.8. The molecular formula is C31H30ClF3N4O6. The lowest BCUT2D eigenvalue weighted by atomic mass is 9.99. The fourth-order valence-corrected chi connectivity index (χ4v) is 4.27. The SMILES string of the molecule is O=C(CCNC(=O)NCCc1ccccc1Cl)NCC(=O)NC(CC(=O)OC(=O)C(F)(F)F)c1ccc(-c2ccccc2)cc1. The normalized spacial score (nSPS) is 11.6. The molecule has 14 heteroatoms. The summed E-state index contributed by atoms with van der Waals surface area (Å²) in [5, 5.41) is 10.6. The Balaban J connectivity index is 1.49. The van der Waals surface area contributed by atoms with Crippen LogP contribution >= 0.6 is 11.6 Å². The number of urea groups is 1. The molecule has 238 valence electrons. The summed E-state index contributed by atoms with van der Waals surface area (Å²) in [6.07, 6.45) is -5.80. The molecule has 3 rings (SSSR count). The van der Waals surface area contributed by atoms with Crippen molar-refractivity contribution in [2.24, 2.45) is 0 Å². The summed E-state index contributed by atoms with van der Waals surface area (Å²) >= 11 is 6.08. The van der Waals surface area contributed by atoms with Crippen LogP contribution in [0.25, 0.3) is 11.1 Å². The number of nitrogens with one attached hydrogen (secondary N) is 4. The third-order valence-electron chi connectivity index (χ3n) is 6.29. The highest BCUT2D eigenvalue weighted by Crippen LogP contribution is 2.24. The van der Waals surface area contributed by atoms with Crippen molar-refractivity contribution in [3.63, 3.8) is 0 Å². The lowest BCUT2D eigenvalue weighted by molar-refractivity contribution is -0.202. The molecule has 10 nitrogen and oxygen atoms in total. The smallest absolute Gasteiger partial charge is 0.386 e. The molecule has 0 spiro atoms. The summed E-state index contributed by atoms with van der Waals surface area (Å²) in [5.74, 6) is -5.51. The number of hydrogen-bond acceptors (Lipinski definition) is 6. The maximum Gasteiger partial charge on any atom is 0.491 e. The van der Waals surface area contributed by atoms with Gasteiger partial charge < -0.3 is 26.0 Å². The van der Waals surface area contributed by atoms with Gasteiger partial charge >= 0.3 is 24.1 Å². The minimum Gasteiger partial charge on any atom is -0.386 e. The zero-order valence-electron chi connectivity index (χ0n) is 23.8. The second-order valence-electron chi connectivity index (χ2n) is 9.62. The van der Waals surface area contributed by atoms with Gasteiger partial charge in [-0.1, -0.05) is 84.4 Å². The first-order valence-corrected chi connectivity index (χ1v) is 14.1. The summed E-state index contributed by atoms with van der Waals surface area (Å²) in [6, 6.07) is 21.3. The van der Waals surface area contributed by atoms with Crippen molar-refractivity contribution in [2.75, 3.05) is 19.6 Å². The minimum absolute atomic E-state index is 0.0269. The predicted molar refractivity (Wildman–Crippen MR) is 159 cm³/mol. The summed E-state index contributed by atoms with van der Waals surface area (Å²) in [7, 11) is 0. The van der Waals surface area contributed by atoms with Crippen molar-refractivity contribution < 1.29 is 41.9 Å². The Hall–Kier alpha value is -4.91. The quantitative estimate of drug-likeness (QED) is 0.162. The number of esters is 2. The van der Waals surface area contributed by atoms with Crippen LogP contribution < -0.4 is 21.3 Å². The predicted octanol–water partition coefficient (Wildman–Crippen LogP) is 4.23. The van der Waals surface area contributed by atoms with Crippen LogP contribution in [0.1, 0.15) is 30.0 Å². The summed E-state index contributed by atoms with van der Waals surface area (Å²) in [4.78, 5) is 60.0. The Morgan fingerprint density at radius 2 is 1.38 bits per heavy atom. The van der Waals surface area contributed by atoms with Gasteiger partial charge in [0.25, 0.3) is 0 Å². The fourth-order valence-electron chi connectivity index (χ4n) is 4.04. The molecule has 1 atom stereocenters. The van der Waals surface area contributed by atoms with E-state index in [0.717, 1.165) is 16.7 Å². The highest BCUT2D eigenvalue weighted by atomic mass is 35.5. The van der Waals surface area contributed by atoms with E-state index in [1.807, 2.05) is 42.5 Å². The Morgan fingerprint density at radius 3 is 2.04 bits per heavy atom. The van der Waals surface area contributed by atoms with Crippen molar-refractivity contribution in [3.05, 3.63) is 95.0 Å². The van der Waals surface area contributed by atoms with E-state index in [0.29, 0.717) is 23.6 Å². The summed E-state index contributed by atoms with van der Waals surface area (Å²) in [5.41, 5.74) is 2.90. The van der Waals surface area contributed by atoms with Crippen molar-refractivity contribution in [2.45, 2.75) is 31.5 Å². The molecule has 0 aliphatic rings. The van der Waals surface area contributed by atoms with Crippen molar-refractivity contribution in [3.8, 4) is 11.1 Å². The largest absolute Gasteiger partial charge is 0.491 e. The number of alkyl halides is 3. The highest BCUT2D eigenvalue weighted by molar-refractivity contribution is 6.31. The third-order valence-corrected chi connectivity index (χ3v) is 6.65. The molecule has 0 aliphatic carbocycles. The molecule has 3 aromatic carbocycles. The first kappa shape index (κ1) is 34.6. The molecule has 0 radical (unpaired) electrons. The maximum atomic E-state index is 12.6. The van der Waals surface area contributed by atoms with Gasteiger partial charge in [0, 0.05) is 24.5 Å². The van der Waals surface area contributed by atoms with Crippen LogP contribution in [0.4, 0.5) is 18.0 Å². The summed E-state index contributed by atoms with van der Waals surface area (Å²) in [6.45, 7) is -0.241. The maximum absolute atomic E-state index is 12.6. The first-order chi connectivity index (χ1) is 21.4. The van der Waals surface area contributed by atoms with E-state index in [1.165, 1.54) is 0 Å². The van der Waals surface area contributed by atoms with E-state index in [1.54, 1.807) is 36.4 Å². The van der Waals surface area contributed by atoms with Crippen molar-refractivity contribution in [1.82, 2.24) is 21.3 Å². The standard InChI is InChI=1S/C31H30ClF3N4O6/c32-24-9-5-4-8-22(24)14-16-36-30(44)37-17-15-26(40)38-19-27(41)39-25(18-28(42)45-29(43)31(33,34)35)23-12-10-21(11-13-23)20-6-2-1-3-7-20/h1-13,25H,14-19H2,(H,38,40)(H,39,41)(H2,36,37,44). The third kappa shape index (κ3) is 11.9. The zero-order valence-corrected chi connectivity index (χ0v) is 24.5. The van der Waals surface area contributed by atoms with Gasteiger partial charge in [0.1, 0.15) is 0 Å². The molecule has 0 saturated heterocycles. The minimum atomic E-state index is -5.37. The number of hydrogen-bond donors (Lipinski definition) is 4. The molecule has 1 unspecified atom stereocenters. The Labute approximate surface area is 261 Å². The molecule has 3 aromatic rings. The van der Waals surface area contributed by atoms with Crippen LogP contribution in [0.15, 0.2) is 78.9 Å². The Kier molecular flexibility index (Phi) is 12.9. The van der Waals surface area contributed by atoms with E-state index >= 15 is 0 Å². The van der Waals surface area contributed by atoms with Gasteiger partial charge in [-0.05, 0) is 34.7 Å². The number of halogens is 4. The van der Waals surface area contributed by atoms with Gasteiger partial charge in [-0.2, -0.15) is 13.2 Å². The first-order valence-electron chi connectivity index (χ1n) is 13.7. The van der Waals surface area contributed by atoms with Gasteiger partial charge in [0.15, 0.2) is 0 Å². The molecule has 4 amide bonds. The van der Waals surface area contributed by atoms with E-state index < -0.39 is 55.0 Å². The highest BCUT2D eigenvalue weighted by Gasteiger charge is 2.42. The number of benzene rings is 3. The second-order valence-corrected chi connectivity index (χ2v) is 10.0. The van der Waals surface area contributed by atoms with Gasteiger partial charge in [-0.15, -0.1) is 0 Å². The van der Waals surface area contributed by atoms with Gasteiger partial charge in [0.2, 0.25) is 11.8 Å². The molecule has 0 fully saturated rings. The van der Waals surface area contributed by atoms with Crippen molar-refractivity contribution >= 4 is 41.4 Å². The van der Waals surface area contributed by atoms with E-state index in [9.17, 15) is 37.1 Å². The Morgan fingerprint density at radius 1 is 0.756 bits per heavy atom. The van der Waals surface area contributed by atoms with Crippen LogP contribution in [-0.4, -0.2) is 55.6 Å². The van der Waals surface area contributed by atoms with E-state index in [2.05, 4.69) is 26.0 Å². The monoisotopic (exact) mass is 646 g/mol. The number of amides is 4. The molecule has 0 saturated carbocycles. The van der Waals surface area contributed by atoms with Crippen molar-refractivity contribution in [1.29, 1.82) is 0 Å². The molecular weight excluding hydrogens is 617 g/mol. The van der Waals surface area contributed by atoms with Crippen LogP contribution in [0.2, 0.25) is 5.02 Å². The van der Waals surface area contributed by atoms with Gasteiger partial charge in [-0.3, -0.25) is 14.4 Å². The lowest BCUT2D eigenvalue weighted by Gasteiger charge is -2.19. The fraction of sp³-hybridized carbons (Fsp3) is 0.258. The molecule has 45 heavy (non-hydrogen) atoms. The molecule has 0 heterocycles. The van der Waals surface area contributed by atoms with Gasteiger partial charge in [0.05, 0.1) is 19.0 Å². The average Bonchev–Trinajstić information content (AvgIpc) is 3.00. The lowest BCUT2D eigenvalue weighted by Crippen LogP contribution is -2.41. The molecule has 4 N–H and O–H groups in total. The van der Waals surface area contributed by atoms with Crippen LogP contribution in [0, 0.1) is 0 Å². The number of carbonyl (C=O) groups is 5. The van der Waals surface area contributed by atoms with E-state index in [4.69, 9.17) is 11.6 Å². The number of ether oxygens (including phenoxy) is 1. The summed E-state index contributed by atoms with van der Waals surface area (Å²) < 4.78 is 41.6. The average molecular weight is 647 g/mol. The van der Waals surface area contributed by atoms with Gasteiger partial charge in [-0.25, -0.2) is 9.59 Å². The van der Waals surface area contributed by atoms with Crippen LogP contribution in [0.3, 0.4) is 0 Å². The molecule has 0 aromatic heterocycles. The van der Waals surface area contributed by atoms with E-state index in [-0.39, 0.29) is 13.0 Å². The number of carbonyl (C=O) groups excluding carboxylic acids is 5. The van der Waals surface area contributed by atoms with Crippen LogP contribution in [0.5, 0.6) is 0 Å². The Bertz CT molecular complexity index is 1490. The molecule has 0 aliphatic heterocycles. The second kappa shape index (κ2) is 16.8.